The van der Waals surface area contributed by atoms with Crippen LogP contribution in [-0.2, 0) is 0 Å². The van der Waals surface area contributed by atoms with E-state index < -0.39 is 0 Å². The summed E-state index contributed by atoms with van der Waals surface area (Å²) in [7, 11) is 0. The summed E-state index contributed by atoms with van der Waals surface area (Å²) in [6.07, 6.45) is 48.4. The monoisotopic (exact) mass is 602 g/mol. The Hall–Kier alpha value is 0.830. The van der Waals surface area contributed by atoms with Crippen molar-refractivity contribution < 1.29 is 0 Å². The lowest BCUT2D eigenvalue weighted by molar-refractivity contribution is 0.512. The maximum Gasteiger partial charge on any atom is 0.00313 e. The molecule has 0 nitrogen and oxygen atoms in total. The smallest absolute Gasteiger partial charge is 0.00313 e. The SMILES string of the molecule is SCCCCCCCCCCCCCCCCCCCCCCCCCCCCCCCCCCCBr. The summed E-state index contributed by atoms with van der Waals surface area (Å²) in [5.74, 6) is 1.07. The fourth-order valence-electron chi connectivity index (χ4n) is 5.69. The Morgan fingerprint density at radius 3 is 0.486 bits per heavy atom. The second-order valence-corrected chi connectivity index (χ2v) is 13.3. The highest BCUT2D eigenvalue weighted by atomic mass is 79.9. The van der Waals surface area contributed by atoms with E-state index in [1.165, 1.54) is 217 Å². The third kappa shape index (κ3) is 36.8. The largest absolute Gasteiger partial charge is 0.179 e. The second-order valence-electron chi connectivity index (χ2n) is 12.1. The van der Waals surface area contributed by atoms with Gasteiger partial charge in [0.15, 0.2) is 0 Å². The molecule has 0 saturated heterocycles. The molecule has 0 radical (unpaired) electrons. The minimum absolute atomic E-state index is 1.07. The van der Waals surface area contributed by atoms with Crippen molar-refractivity contribution in [1.82, 2.24) is 0 Å². The molecule has 0 saturated carbocycles. The van der Waals surface area contributed by atoms with E-state index in [4.69, 9.17) is 0 Å². The fourth-order valence-corrected chi connectivity index (χ4v) is 6.31. The van der Waals surface area contributed by atoms with Crippen molar-refractivity contribution in [3.8, 4) is 0 Å². The van der Waals surface area contributed by atoms with Crippen molar-refractivity contribution in [1.29, 1.82) is 0 Å². The predicted octanol–water partition coefficient (Wildman–Crippen LogP) is 14.2. The Labute approximate surface area is 250 Å². The molecule has 0 rings (SSSR count). The standard InChI is InChI=1S/C35H71BrS/c36-34-32-30-28-26-24-22-20-18-16-14-12-10-8-6-4-2-1-3-5-7-9-11-13-15-17-19-21-23-25-27-29-31-33-35-37/h37H,1-35H2. The van der Waals surface area contributed by atoms with Crippen LogP contribution in [-0.4, -0.2) is 11.1 Å². The van der Waals surface area contributed by atoms with Crippen LogP contribution in [0.25, 0.3) is 0 Å². The van der Waals surface area contributed by atoms with Crippen LogP contribution < -0.4 is 0 Å². The Morgan fingerprint density at radius 1 is 0.216 bits per heavy atom. The highest BCUT2D eigenvalue weighted by molar-refractivity contribution is 9.09. The van der Waals surface area contributed by atoms with E-state index in [-0.39, 0.29) is 0 Å². The minimum atomic E-state index is 1.07. The number of hydrogen-bond acceptors (Lipinski definition) is 1. The molecule has 0 aliphatic heterocycles. The molecule has 0 N–H and O–H groups in total. The molecule has 0 aromatic rings. The van der Waals surface area contributed by atoms with Crippen molar-refractivity contribution in [2.24, 2.45) is 0 Å². The van der Waals surface area contributed by atoms with E-state index in [9.17, 15) is 0 Å². The highest BCUT2D eigenvalue weighted by Crippen LogP contribution is 2.17. The van der Waals surface area contributed by atoms with Gasteiger partial charge in [-0.15, -0.1) is 0 Å². The fraction of sp³-hybridized carbons (Fsp3) is 1.00. The molecule has 0 unspecified atom stereocenters. The van der Waals surface area contributed by atoms with Crippen LogP contribution in [0.5, 0.6) is 0 Å². The van der Waals surface area contributed by atoms with Gasteiger partial charge in [-0.2, -0.15) is 12.6 Å². The van der Waals surface area contributed by atoms with Gasteiger partial charge in [-0.25, -0.2) is 0 Å². The van der Waals surface area contributed by atoms with Crippen molar-refractivity contribution >= 4 is 28.6 Å². The molecule has 0 aliphatic carbocycles. The average Bonchev–Trinajstić information content (AvgIpc) is 2.91. The van der Waals surface area contributed by atoms with Crippen molar-refractivity contribution in [3.63, 3.8) is 0 Å². The quantitative estimate of drug-likeness (QED) is 0.0422. The van der Waals surface area contributed by atoms with Crippen LogP contribution >= 0.6 is 28.6 Å². The van der Waals surface area contributed by atoms with Gasteiger partial charge >= 0.3 is 0 Å². The molecule has 0 amide bonds. The van der Waals surface area contributed by atoms with E-state index in [2.05, 4.69) is 28.6 Å². The molecule has 0 bridgehead atoms. The average molecular weight is 604 g/mol. The Morgan fingerprint density at radius 2 is 0.351 bits per heavy atom. The van der Waals surface area contributed by atoms with Crippen LogP contribution in [0.3, 0.4) is 0 Å². The zero-order valence-electron chi connectivity index (χ0n) is 25.6. The molecule has 37 heavy (non-hydrogen) atoms. The van der Waals surface area contributed by atoms with Gasteiger partial charge in [-0.1, -0.05) is 215 Å². The zero-order valence-corrected chi connectivity index (χ0v) is 28.1. The summed E-state index contributed by atoms with van der Waals surface area (Å²) in [5, 5.41) is 1.19. The Kier molecular flexibility index (Phi) is 37.7. The first-order chi connectivity index (χ1) is 18.4. The van der Waals surface area contributed by atoms with Crippen LogP contribution in [0, 0.1) is 0 Å². The van der Waals surface area contributed by atoms with Crippen molar-refractivity contribution in [2.45, 2.75) is 212 Å². The highest BCUT2D eigenvalue weighted by Gasteiger charge is 1.97. The maximum atomic E-state index is 4.29. The molecule has 2 heteroatoms. The van der Waals surface area contributed by atoms with Crippen LogP contribution in [0.2, 0.25) is 0 Å². The van der Waals surface area contributed by atoms with E-state index in [1.807, 2.05) is 0 Å². The van der Waals surface area contributed by atoms with Gasteiger partial charge in [0.05, 0.1) is 0 Å². The van der Waals surface area contributed by atoms with E-state index in [0.717, 1.165) is 5.75 Å². The lowest BCUT2D eigenvalue weighted by Crippen LogP contribution is -1.85. The van der Waals surface area contributed by atoms with Crippen molar-refractivity contribution in [2.75, 3.05) is 11.1 Å². The minimum Gasteiger partial charge on any atom is -0.179 e. The van der Waals surface area contributed by atoms with Gasteiger partial charge in [0.1, 0.15) is 0 Å². The van der Waals surface area contributed by atoms with Gasteiger partial charge in [0.25, 0.3) is 0 Å². The van der Waals surface area contributed by atoms with Crippen LogP contribution in [0.1, 0.15) is 212 Å². The van der Waals surface area contributed by atoms with Crippen molar-refractivity contribution in [3.05, 3.63) is 0 Å². The van der Waals surface area contributed by atoms with E-state index in [1.54, 1.807) is 0 Å². The molecule has 0 aromatic heterocycles. The Balaban J connectivity index is 3.00. The predicted molar refractivity (Wildman–Crippen MR) is 180 cm³/mol. The lowest BCUT2D eigenvalue weighted by atomic mass is 10.0. The third-order valence-electron chi connectivity index (χ3n) is 8.29. The molecular formula is C35H71BrS. The summed E-state index contributed by atoms with van der Waals surface area (Å²) < 4.78 is 0. The summed E-state index contributed by atoms with van der Waals surface area (Å²) in [5.41, 5.74) is 0. The normalized spacial score (nSPS) is 11.5. The molecule has 0 atom stereocenters. The maximum absolute atomic E-state index is 4.29. The number of hydrogen-bond donors (Lipinski definition) is 1. The molecule has 0 aliphatic rings. The summed E-state index contributed by atoms with van der Waals surface area (Å²) in [6.45, 7) is 0. The third-order valence-corrected chi connectivity index (χ3v) is 9.17. The topological polar surface area (TPSA) is 0 Å². The molecular weight excluding hydrogens is 532 g/mol. The van der Waals surface area contributed by atoms with Gasteiger partial charge in [-0.3, -0.25) is 0 Å². The molecule has 0 spiro atoms. The zero-order chi connectivity index (χ0) is 26.7. The van der Waals surface area contributed by atoms with Crippen LogP contribution in [0.15, 0.2) is 0 Å². The summed E-state index contributed by atoms with van der Waals surface area (Å²) in [6, 6.07) is 0. The Bertz CT molecular complexity index is 338. The van der Waals surface area contributed by atoms with Gasteiger partial charge in [0.2, 0.25) is 0 Å². The van der Waals surface area contributed by atoms with E-state index >= 15 is 0 Å². The number of unbranched alkanes of at least 4 members (excludes halogenated alkanes) is 32. The second kappa shape index (κ2) is 36.8. The summed E-state index contributed by atoms with van der Waals surface area (Å²) in [4.78, 5) is 0. The lowest BCUT2D eigenvalue weighted by Gasteiger charge is -2.05. The van der Waals surface area contributed by atoms with Gasteiger partial charge in [-0.05, 0) is 18.6 Å². The van der Waals surface area contributed by atoms with Gasteiger partial charge in [0, 0.05) is 5.33 Å². The van der Waals surface area contributed by atoms with E-state index in [0.29, 0.717) is 0 Å². The molecule has 224 valence electrons. The summed E-state index contributed by atoms with van der Waals surface area (Å²) >= 11 is 7.81. The number of rotatable bonds is 34. The molecule has 0 heterocycles. The number of alkyl halides is 1. The number of halogens is 1. The number of thiol groups is 1. The first-order valence-electron chi connectivity index (χ1n) is 17.6. The first kappa shape index (κ1) is 37.8. The molecule has 0 aromatic carbocycles. The molecule has 0 fully saturated rings. The van der Waals surface area contributed by atoms with Gasteiger partial charge < -0.3 is 0 Å². The van der Waals surface area contributed by atoms with Crippen LogP contribution in [0.4, 0.5) is 0 Å². The first-order valence-corrected chi connectivity index (χ1v) is 19.3.